The van der Waals surface area contributed by atoms with Crippen molar-refractivity contribution in [2.75, 3.05) is 33.8 Å². The van der Waals surface area contributed by atoms with Crippen molar-refractivity contribution >= 4 is 5.96 Å². The van der Waals surface area contributed by atoms with Crippen molar-refractivity contribution in [1.82, 2.24) is 10.2 Å². The fourth-order valence-electron chi connectivity index (χ4n) is 3.59. The number of nitrogens with one attached hydrogen (secondary N) is 1. The molecule has 4 heteroatoms. The van der Waals surface area contributed by atoms with Crippen molar-refractivity contribution in [2.24, 2.45) is 10.9 Å². The largest absolute Gasteiger partial charge is 0.373 e. The van der Waals surface area contributed by atoms with Crippen LogP contribution in [0.5, 0.6) is 0 Å². The maximum Gasteiger partial charge on any atom is 0.193 e. The van der Waals surface area contributed by atoms with E-state index in [1.807, 2.05) is 13.1 Å². The highest BCUT2D eigenvalue weighted by molar-refractivity contribution is 5.79. The topological polar surface area (TPSA) is 36.9 Å². The molecule has 1 heterocycles. The molecule has 1 aromatic carbocycles. The van der Waals surface area contributed by atoms with Crippen molar-refractivity contribution in [3.8, 4) is 0 Å². The predicted octanol–water partition coefficient (Wildman–Crippen LogP) is 4.41. The quantitative estimate of drug-likeness (QED) is 0.308. The van der Waals surface area contributed by atoms with Gasteiger partial charge < -0.3 is 15.0 Å². The van der Waals surface area contributed by atoms with Gasteiger partial charge in [0.05, 0.1) is 6.10 Å². The lowest BCUT2D eigenvalue weighted by Gasteiger charge is -2.33. The van der Waals surface area contributed by atoms with E-state index < -0.39 is 0 Å². The number of nitrogens with zero attached hydrogens (tertiary/aromatic N) is 2. The highest BCUT2D eigenvalue weighted by Gasteiger charge is 2.27. The van der Waals surface area contributed by atoms with E-state index in [1.54, 1.807) is 0 Å². The van der Waals surface area contributed by atoms with E-state index in [0.717, 1.165) is 38.5 Å². The number of benzene rings is 1. The minimum Gasteiger partial charge on any atom is -0.373 e. The van der Waals surface area contributed by atoms with Crippen LogP contribution < -0.4 is 5.32 Å². The van der Waals surface area contributed by atoms with Crippen molar-refractivity contribution in [2.45, 2.75) is 44.6 Å². The lowest BCUT2D eigenvalue weighted by Crippen LogP contribution is -2.43. The molecule has 1 saturated heterocycles. The van der Waals surface area contributed by atoms with Gasteiger partial charge in [-0.3, -0.25) is 4.99 Å². The molecule has 0 bridgehead atoms. The molecule has 0 radical (unpaired) electrons. The first-order valence-electron chi connectivity index (χ1n) is 9.95. The van der Waals surface area contributed by atoms with Crippen molar-refractivity contribution < 1.29 is 4.74 Å². The third-order valence-corrected chi connectivity index (χ3v) is 5.07. The van der Waals surface area contributed by atoms with E-state index in [0.29, 0.717) is 5.92 Å². The molecule has 1 aliphatic heterocycles. The number of aliphatic imine (C=N–C) groups is 1. The van der Waals surface area contributed by atoms with Crippen LogP contribution >= 0.6 is 0 Å². The first-order valence-corrected chi connectivity index (χ1v) is 9.95. The summed E-state index contributed by atoms with van der Waals surface area (Å²) < 4.78 is 6.10. The minimum absolute atomic E-state index is 0.180. The molecule has 1 N–H and O–H groups in total. The summed E-state index contributed by atoms with van der Waals surface area (Å²) in [7, 11) is 3.98. The molecule has 0 aromatic heterocycles. The van der Waals surface area contributed by atoms with Crippen molar-refractivity contribution in [1.29, 1.82) is 0 Å². The Balaban J connectivity index is 1.82. The summed E-state index contributed by atoms with van der Waals surface area (Å²) in [6, 6.07) is 10.6. The standard InChI is InChI=1S/C22H35N3O/c1-4-5-6-7-11-16-25(3)22(23-2)24-18-20-15-12-17-26-21(20)19-13-9-8-10-14-19/h4,8-10,13-14,20-21H,1,5-7,11-12,15-18H2,2-3H3,(H,23,24). The smallest absolute Gasteiger partial charge is 0.193 e. The molecule has 144 valence electrons. The Morgan fingerprint density at radius 3 is 2.85 bits per heavy atom. The van der Waals surface area contributed by atoms with Gasteiger partial charge in [0.25, 0.3) is 0 Å². The number of guanidine groups is 1. The van der Waals surface area contributed by atoms with Crippen LogP contribution in [0.1, 0.15) is 50.2 Å². The molecular formula is C22H35N3O. The molecule has 0 saturated carbocycles. The van der Waals surface area contributed by atoms with Crippen LogP contribution in [0.2, 0.25) is 0 Å². The summed E-state index contributed by atoms with van der Waals surface area (Å²) >= 11 is 0. The Labute approximate surface area is 159 Å². The zero-order valence-corrected chi connectivity index (χ0v) is 16.5. The summed E-state index contributed by atoms with van der Waals surface area (Å²) in [5, 5.41) is 3.57. The molecule has 0 aliphatic carbocycles. The number of hydrogen-bond donors (Lipinski definition) is 1. The molecule has 0 spiro atoms. The zero-order chi connectivity index (χ0) is 18.6. The lowest BCUT2D eigenvalue weighted by atomic mass is 9.89. The monoisotopic (exact) mass is 357 g/mol. The van der Waals surface area contributed by atoms with Gasteiger partial charge >= 0.3 is 0 Å². The van der Waals surface area contributed by atoms with E-state index in [9.17, 15) is 0 Å². The average molecular weight is 358 g/mol. The van der Waals surface area contributed by atoms with Crippen LogP contribution in [0.15, 0.2) is 48.0 Å². The molecule has 26 heavy (non-hydrogen) atoms. The fourth-order valence-corrected chi connectivity index (χ4v) is 3.59. The van der Waals surface area contributed by atoms with Crippen LogP contribution in [0.4, 0.5) is 0 Å². The van der Waals surface area contributed by atoms with Gasteiger partial charge in [-0.2, -0.15) is 0 Å². The Morgan fingerprint density at radius 1 is 1.31 bits per heavy atom. The summed E-state index contributed by atoms with van der Waals surface area (Å²) in [5.41, 5.74) is 1.28. The fraction of sp³-hybridized carbons (Fsp3) is 0.591. The molecule has 4 nitrogen and oxygen atoms in total. The first kappa shape index (κ1) is 20.5. The molecule has 1 fully saturated rings. The Hall–Kier alpha value is -1.81. The van der Waals surface area contributed by atoms with Gasteiger partial charge in [-0.25, -0.2) is 0 Å². The van der Waals surface area contributed by atoms with Gasteiger partial charge in [-0.1, -0.05) is 42.8 Å². The molecular weight excluding hydrogens is 322 g/mol. The summed E-state index contributed by atoms with van der Waals surface area (Å²) in [6.45, 7) is 6.56. The Bertz CT molecular complexity index is 544. The Morgan fingerprint density at radius 2 is 2.12 bits per heavy atom. The third-order valence-electron chi connectivity index (χ3n) is 5.07. The number of ether oxygens (including phenoxy) is 1. The Kier molecular flexibility index (Phi) is 9.26. The second kappa shape index (κ2) is 11.7. The highest BCUT2D eigenvalue weighted by atomic mass is 16.5. The van der Waals surface area contributed by atoms with E-state index in [2.05, 4.69) is 59.2 Å². The number of unbranched alkanes of at least 4 members (excludes halogenated alkanes) is 3. The van der Waals surface area contributed by atoms with Crippen LogP contribution in [0.25, 0.3) is 0 Å². The average Bonchev–Trinajstić information content (AvgIpc) is 2.69. The van der Waals surface area contributed by atoms with Gasteiger partial charge in [0.15, 0.2) is 5.96 Å². The molecule has 1 aromatic rings. The third kappa shape index (κ3) is 6.49. The van der Waals surface area contributed by atoms with Crippen LogP contribution in [0, 0.1) is 5.92 Å². The van der Waals surface area contributed by atoms with Gasteiger partial charge in [0, 0.05) is 39.7 Å². The van der Waals surface area contributed by atoms with Crippen molar-refractivity contribution in [3.63, 3.8) is 0 Å². The lowest BCUT2D eigenvalue weighted by molar-refractivity contribution is -0.0266. The SMILES string of the molecule is C=CCCCCCN(C)C(=NC)NCC1CCCOC1c1ccccc1. The predicted molar refractivity (Wildman–Crippen MR) is 111 cm³/mol. The van der Waals surface area contributed by atoms with E-state index >= 15 is 0 Å². The van der Waals surface area contributed by atoms with E-state index in [-0.39, 0.29) is 6.10 Å². The zero-order valence-electron chi connectivity index (χ0n) is 16.5. The number of rotatable bonds is 9. The summed E-state index contributed by atoms with van der Waals surface area (Å²) in [4.78, 5) is 6.69. The maximum absolute atomic E-state index is 6.10. The normalized spacial score (nSPS) is 20.6. The second-order valence-corrected chi connectivity index (χ2v) is 7.09. The maximum atomic E-state index is 6.10. The van der Waals surface area contributed by atoms with E-state index in [4.69, 9.17) is 4.74 Å². The van der Waals surface area contributed by atoms with Gasteiger partial charge in [0.1, 0.15) is 0 Å². The van der Waals surface area contributed by atoms with Crippen LogP contribution in [0.3, 0.4) is 0 Å². The number of hydrogen-bond acceptors (Lipinski definition) is 2. The van der Waals surface area contributed by atoms with Gasteiger partial charge in [0.2, 0.25) is 0 Å². The van der Waals surface area contributed by atoms with Crippen LogP contribution in [-0.4, -0.2) is 44.7 Å². The molecule has 2 rings (SSSR count). The second-order valence-electron chi connectivity index (χ2n) is 7.09. The highest BCUT2D eigenvalue weighted by Crippen LogP contribution is 2.33. The molecule has 2 unspecified atom stereocenters. The van der Waals surface area contributed by atoms with E-state index in [1.165, 1.54) is 31.2 Å². The summed E-state index contributed by atoms with van der Waals surface area (Å²) in [6.07, 6.45) is 9.26. The van der Waals surface area contributed by atoms with Crippen molar-refractivity contribution in [3.05, 3.63) is 48.6 Å². The van der Waals surface area contributed by atoms with Gasteiger partial charge in [-0.05, 0) is 37.7 Å². The molecule has 1 aliphatic rings. The van der Waals surface area contributed by atoms with Gasteiger partial charge in [-0.15, -0.1) is 6.58 Å². The molecule has 2 atom stereocenters. The first-order chi connectivity index (χ1) is 12.8. The minimum atomic E-state index is 0.180. The molecule has 0 amide bonds. The number of allylic oxidation sites excluding steroid dienone is 1. The van der Waals surface area contributed by atoms with Crippen LogP contribution in [-0.2, 0) is 4.74 Å². The summed E-state index contributed by atoms with van der Waals surface area (Å²) in [5.74, 6) is 1.45.